The van der Waals surface area contributed by atoms with Gasteiger partial charge < -0.3 is 4.90 Å². The molecular weight excluding hydrogens is 574 g/mol. The van der Waals surface area contributed by atoms with Crippen LogP contribution in [0.2, 0.25) is 0 Å². The molecule has 0 aliphatic heterocycles. The molecule has 0 bridgehead atoms. The van der Waals surface area contributed by atoms with Gasteiger partial charge in [-0.05, 0) is 42.0 Å². The predicted octanol–water partition coefficient (Wildman–Crippen LogP) is 10.3. The number of nitrogens with zero attached hydrogens (tertiary/aromatic N) is 5. The molecule has 5 heteroatoms. The minimum atomic E-state index is 0.753. The minimum absolute atomic E-state index is 0.753. The van der Waals surface area contributed by atoms with Gasteiger partial charge in [-0.15, -0.1) is 5.73 Å². The Morgan fingerprint density at radius 3 is 2.32 bits per heavy atom. The molecule has 6 aromatic rings. The molecule has 0 saturated carbocycles. The third-order valence-electron chi connectivity index (χ3n) is 8.54. The second-order valence-corrected chi connectivity index (χ2v) is 12.2. The van der Waals surface area contributed by atoms with Gasteiger partial charge in [0.2, 0.25) is 0 Å². The van der Waals surface area contributed by atoms with Crippen molar-refractivity contribution in [1.82, 2.24) is 24.5 Å². The van der Waals surface area contributed by atoms with Crippen LogP contribution in [0.25, 0.3) is 50.8 Å². The molecule has 238 valence electrons. The zero-order chi connectivity index (χ0) is 33.3. The molecule has 3 aromatic carbocycles. The molecule has 0 saturated heterocycles. The largest absolute Gasteiger partial charge is 0.371 e. The monoisotopic (exact) mass is 619 g/mol. The Balaban J connectivity index is 0.000000261. The third-order valence-corrected chi connectivity index (χ3v) is 8.54. The summed E-state index contributed by atoms with van der Waals surface area (Å²) in [6.45, 7) is 14.0. The first kappa shape index (κ1) is 33.1. The van der Waals surface area contributed by atoms with E-state index in [1.54, 1.807) is 0 Å². The van der Waals surface area contributed by atoms with Crippen LogP contribution in [0.3, 0.4) is 0 Å². The molecule has 0 radical (unpaired) electrons. The van der Waals surface area contributed by atoms with E-state index < -0.39 is 0 Å². The first-order chi connectivity index (χ1) is 22.9. The topological polar surface area (TPSA) is 46.3 Å². The predicted molar refractivity (Wildman–Crippen MR) is 199 cm³/mol. The van der Waals surface area contributed by atoms with Crippen LogP contribution in [0, 0.1) is 12.8 Å². The van der Waals surface area contributed by atoms with Crippen molar-refractivity contribution in [1.29, 1.82) is 0 Å². The molecule has 5 nitrogen and oxygen atoms in total. The zero-order valence-corrected chi connectivity index (χ0v) is 28.4. The maximum atomic E-state index is 5.16. The maximum Gasteiger partial charge on any atom is 0.165 e. The molecule has 0 N–H and O–H groups in total. The molecule has 47 heavy (non-hydrogen) atoms. The van der Waals surface area contributed by atoms with Gasteiger partial charge in [0.25, 0.3) is 0 Å². The summed E-state index contributed by atoms with van der Waals surface area (Å²) in [6.07, 6.45) is 8.64. The molecular formula is C42H45N5. The number of rotatable bonds is 10. The van der Waals surface area contributed by atoms with Gasteiger partial charge in [0, 0.05) is 48.4 Å². The highest BCUT2D eigenvalue weighted by Gasteiger charge is 2.15. The highest BCUT2D eigenvalue weighted by Crippen LogP contribution is 2.34. The molecule has 3 aromatic heterocycles. The Labute approximate surface area is 279 Å². The van der Waals surface area contributed by atoms with Gasteiger partial charge >= 0.3 is 0 Å². The number of aryl methyl sites for hydroxylation is 1. The summed E-state index contributed by atoms with van der Waals surface area (Å²) >= 11 is 0. The van der Waals surface area contributed by atoms with Crippen LogP contribution in [-0.2, 0) is 6.42 Å². The number of pyridine rings is 1. The van der Waals surface area contributed by atoms with Gasteiger partial charge in [-0.2, -0.15) is 9.61 Å². The maximum absolute atomic E-state index is 5.16. The van der Waals surface area contributed by atoms with Gasteiger partial charge in [-0.3, -0.25) is 0 Å². The Hall–Kier alpha value is -5.25. The van der Waals surface area contributed by atoms with Crippen LogP contribution in [0.4, 0.5) is 0 Å². The van der Waals surface area contributed by atoms with Crippen molar-refractivity contribution in [3.63, 3.8) is 0 Å². The molecule has 3 heterocycles. The average Bonchev–Trinajstić information content (AvgIpc) is 3.49. The summed E-state index contributed by atoms with van der Waals surface area (Å²) in [5, 5.41) is 5.63. The lowest BCUT2D eigenvalue weighted by molar-refractivity contribution is 0.462. The van der Waals surface area contributed by atoms with E-state index in [1.165, 1.54) is 24.8 Å². The second kappa shape index (κ2) is 15.4. The molecule has 0 aliphatic rings. The lowest BCUT2D eigenvalue weighted by Gasteiger charge is -2.16. The van der Waals surface area contributed by atoms with Crippen LogP contribution in [-0.4, -0.2) is 38.6 Å². The quantitative estimate of drug-likeness (QED) is 0.143. The van der Waals surface area contributed by atoms with E-state index in [-0.39, 0.29) is 0 Å². The molecule has 1 unspecified atom stereocenters. The summed E-state index contributed by atoms with van der Waals surface area (Å²) in [5.41, 5.74) is 14.5. The normalized spacial score (nSPS) is 11.4. The fraction of sp³-hybridized carbons (Fsp3) is 0.238. The fourth-order valence-electron chi connectivity index (χ4n) is 6.09. The van der Waals surface area contributed by atoms with Gasteiger partial charge in [-0.1, -0.05) is 131 Å². The number of benzene rings is 3. The minimum Gasteiger partial charge on any atom is -0.371 e. The molecule has 0 aliphatic carbocycles. The number of fused-ring (bicyclic) bond motifs is 3. The Kier molecular flexibility index (Phi) is 10.8. The number of aromatic nitrogens is 4. The highest BCUT2D eigenvalue weighted by atomic mass is 15.3. The second-order valence-electron chi connectivity index (χ2n) is 12.2. The molecule has 1 atom stereocenters. The lowest BCUT2D eigenvalue weighted by Crippen LogP contribution is -2.09. The van der Waals surface area contributed by atoms with Crippen LogP contribution in [0.1, 0.15) is 55.5 Å². The van der Waals surface area contributed by atoms with Crippen molar-refractivity contribution < 1.29 is 0 Å². The lowest BCUT2D eigenvalue weighted by atomic mass is 9.91. The van der Waals surface area contributed by atoms with Crippen LogP contribution in [0.5, 0.6) is 0 Å². The summed E-state index contributed by atoms with van der Waals surface area (Å²) in [4.78, 5) is 11.7. The SMILES string of the molecule is C=C=C(c1ccccc1C=C)N(C)C.CCCC(CC)Cc1ccc(-c2nc3c(cnc4cc(C)nn43)cc2-c2ccccc2)cc1. The highest BCUT2D eigenvalue weighted by molar-refractivity contribution is 5.90. The standard InChI is InChI=1S/C29H30N4.C13H15N/c1-4-9-21(5-2)17-22-12-14-24(15-13-22)28-26(23-10-7-6-8-11-23)18-25-19-30-27-16-20(3)32-33(27)29(25)31-28;1-5-11-9-7-8-10-12(11)13(6-2)14(3)4/h6-8,10-16,18-19,21H,4-5,9,17H2,1-3H3;5,7-10H,1-2H2,3-4H3. The van der Waals surface area contributed by atoms with Crippen molar-refractivity contribution in [2.75, 3.05) is 14.1 Å². The van der Waals surface area contributed by atoms with Gasteiger partial charge in [-0.25, -0.2) is 9.97 Å². The van der Waals surface area contributed by atoms with E-state index >= 15 is 0 Å². The van der Waals surface area contributed by atoms with Crippen LogP contribution >= 0.6 is 0 Å². The molecule has 0 fully saturated rings. The van der Waals surface area contributed by atoms with Gasteiger partial charge in [0.05, 0.1) is 17.1 Å². The van der Waals surface area contributed by atoms with E-state index in [2.05, 4.69) is 97.4 Å². The van der Waals surface area contributed by atoms with Crippen molar-refractivity contribution in [2.24, 2.45) is 5.92 Å². The Morgan fingerprint density at radius 1 is 0.936 bits per heavy atom. The summed E-state index contributed by atoms with van der Waals surface area (Å²) in [7, 11) is 3.96. The van der Waals surface area contributed by atoms with Crippen molar-refractivity contribution in [3.05, 3.63) is 138 Å². The van der Waals surface area contributed by atoms with E-state index in [1.807, 2.05) is 79.1 Å². The Morgan fingerprint density at radius 2 is 1.66 bits per heavy atom. The summed E-state index contributed by atoms with van der Waals surface area (Å²) < 4.78 is 1.86. The van der Waals surface area contributed by atoms with Crippen molar-refractivity contribution in [3.8, 4) is 22.4 Å². The van der Waals surface area contributed by atoms with Crippen molar-refractivity contribution in [2.45, 2.75) is 46.5 Å². The van der Waals surface area contributed by atoms with E-state index in [4.69, 9.17) is 4.98 Å². The van der Waals surface area contributed by atoms with Gasteiger partial charge in [0.15, 0.2) is 11.3 Å². The number of hydrogen-bond donors (Lipinski definition) is 0. The summed E-state index contributed by atoms with van der Waals surface area (Å²) in [6, 6.07) is 31.7. The van der Waals surface area contributed by atoms with Crippen LogP contribution in [0.15, 0.2) is 116 Å². The molecule has 0 amide bonds. The van der Waals surface area contributed by atoms with E-state index in [0.717, 1.165) is 73.9 Å². The van der Waals surface area contributed by atoms with Crippen molar-refractivity contribution >= 4 is 28.5 Å². The third kappa shape index (κ3) is 7.60. The molecule has 6 rings (SSSR count). The van der Waals surface area contributed by atoms with E-state index in [9.17, 15) is 0 Å². The first-order valence-corrected chi connectivity index (χ1v) is 16.5. The fourth-order valence-corrected chi connectivity index (χ4v) is 6.09. The molecule has 0 spiro atoms. The summed E-state index contributed by atoms with van der Waals surface area (Å²) in [5.74, 6) is 0.753. The average molecular weight is 620 g/mol. The smallest absolute Gasteiger partial charge is 0.165 e. The van der Waals surface area contributed by atoms with E-state index in [0.29, 0.717) is 0 Å². The van der Waals surface area contributed by atoms with Gasteiger partial charge in [0.1, 0.15) is 0 Å². The first-order valence-electron chi connectivity index (χ1n) is 16.5. The number of hydrogen-bond acceptors (Lipinski definition) is 4. The Bertz CT molecular complexity index is 2010. The van der Waals surface area contributed by atoms with Crippen LogP contribution < -0.4 is 0 Å². The zero-order valence-electron chi connectivity index (χ0n) is 28.4.